The lowest BCUT2D eigenvalue weighted by Crippen LogP contribution is -2.38. The number of azo groups is 1. The van der Waals surface area contributed by atoms with Gasteiger partial charge in [-0.2, -0.15) is 10.2 Å². The molecule has 0 radical (unpaired) electrons. The maximum atomic E-state index is 12.1. The van der Waals surface area contributed by atoms with Gasteiger partial charge in [0.1, 0.15) is 0 Å². The van der Waals surface area contributed by atoms with Crippen molar-refractivity contribution in [1.82, 2.24) is 0 Å². The Morgan fingerprint density at radius 3 is 1.32 bits per heavy atom. The lowest BCUT2D eigenvalue weighted by atomic mass is 9.96. The lowest BCUT2D eigenvalue weighted by molar-refractivity contribution is -0.151. The van der Waals surface area contributed by atoms with E-state index in [0.29, 0.717) is 12.8 Å². The number of nitrogens with zero attached hydrogens (tertiary/aromatic N) is 2. The highest BCUT2D eigenvalue weighted by atomic mass is 16.5. The van der Waals surface area contributed by atoms with Gasteiger partial charge in [0.05, 0.1) is 13.2 Å². The summed E-state index contributed by atoms with van der Waals surface area (Å²) in [5, 5.41) is 8.42. The average Bonchev–Trinajstić information content (AvgIpc) is 2.46. The Bertz CT molecular complexity index is 362. The molecule has 0 N–H and O–H groups in total. The van der Waals surface area contributed by atoms with E-state index in [0.717, 1.165) is 12.8 Å². The minimum absolute atomic E-state index is 0.289. The summed E-state index contributed by atoms with van der Waals surface area (Å²) < 4.78 is 10.2. The standard InChI is InChI=1S/C16H30N2O4/c1-7-11-15(5,13(19)21-9-3)17-18-16(6,12-8-2)14(20)22-10-4/h7-12H2,1-6H3. The summed E-state index contributed by atoms with van der Waals surface area (Å²) in [7, 11) is 0. The summed E-state index contributed by atoms with van der Waals surface area (Å²) >= 11 is 0. The molecule has 2 unspecified atom stereocenters. The molecule has 2 atom stereocenters. The molecule has 0 aliphatic heterocycles. The predicted molar refractivity (Wildman–Crippen MR) is 84.7 cm³/mol. The zero-order chi connectivity index (χ0) is 17.2. The van der Waals surface area contributed by atoms with Crippen LogP contribution in [0.5, 0.6) is 0 Å². The van der Waals surface area contributed by atoms with Gasteiger partial charge in [-0.05, 0) is 40.5 Å². The molecule has 128 valence electrons. The Labute approximate surface area is 133 Å². The second kappa shape index (κ2) is 9.54. The first-order valence-corrected chi connectivity index (χ1v) is 8.08. The van der Waals surface area contributed by atoms with Crippen LogP contribution >= 0.6 is 0 Å². The van der Waals surface area contributed by atoms with Crippen LogP contribution < -0.4 is 0 Å². The molecule has 0 rings (SSSR count). The van der Waals surface area contributed by atoms with E-state index in [1.807, 2.05) is 13.8 Å². The topological polar surface area (TPSA) is 77.3 Å². The van der Waals surface area contributed by atoms with Crippen LogP contribution in [0.25, 0.3) is 0 Å². The molecule has 0 bridgehead atoms. The van der Waals surface area contributed by atoms with E-state index in [2.05, 4.69) is 10.2 Å². The average molecular weight is 314 g/mol. The highest BCUT2D eigenvalue weighted by Crippen LogP contribution is 2.26. The molecule has 0 aliphatic carbocycles. The SMILES string of the molecule is CCCC(C)(N=NC(C)(CCC)C(=O)OCC)C(=O)OCC. The number of esters is 2. The molecule has 0 heterocycles. The molecule has 6 nitrogen and oxygen atoms in total. The summed E-state index contributed by atoms with van der Waals surface area (Å²) in [6.07, 6.45) is 2.55. The van der Waals surface area contributed by atoms with Crippen LogP contribution in [-0.2, 0) is 19.1 Å². The van der Waals surface area contributed by atoms with Crippen LogP contribution in [0.1, 0.15) is 67.2 Å². The predicted octanol–water partition coefficient (Wildman–Crippen LogP) is 3.68. The first-order chi connectivity index (χ1) is 10.3. The maximum Gasteiger partial charge on any atom is 0.335 e. The van der Waals surface area contributed by atoms with Gasteiger partial charge in [0.25, 0.3) is 0 Å². The van der Waals surface area contributed by atoms with Gasteiger partial charge in [0.15, 0.2) is 11.1 Å². The Hall–Kier alpha value is -1.46. The van der Waals surface area contributed by atoms with Gasteiger partial charge < -0.3 is 9.47 Å². The fraction of sp³-hybridized carbons (Fsp3) is 0.875. The quantitative estimate of drug-likeness (QED) is 0.455. The van der Waals surface area contributed by atoms with Crippen LogP contribution in [-0.4, -0.2) is 36.2 Å². The van der Waals surface area contributed by atoms with E-state index in [-0.39, 0.29) is 13.2 Å². The van der Waals surface area contributed by atoms with Crippen LogP contribution in [0.3, 0.4) is 0 Å². The highest BCUT2D eigenvalue weighted by molar-refractivity contribution is 5.81. The fourth-order valence-electron chi connectivity index (χ4n) is 2.15. The summed E-state index contributed by atoms with van der Waals surface area (Å²) in [6.45, 7) is 11.4. The van der Waals surface area contributed by atoms with Crippen molar-refractivity contribution in [2.24, 2.45) is 10.2 Å². The van der Waals surface area contributed by atoms with Crippen LogP contribution in [0.4, 0.5) is 0 Å². The van der Waals surface area contributed by atoms with Gasteiger partial charge in [-0.15, -0.1) is 0 Å². The van der Waals surface area contributed by atoms with Crippen LogP contribution in [0.2, 0.25) is 0 Å². The molecular weight excluding hydrogens is 284 g/mol. The largest absolute Gasteiger partial charge is 0.464 e. The number of ether oxygens (including phenoxy) is 2. The maximum absolute atomic E-state index is 12.1. The molecule has 0 aromatic heterocycles. The third-order valence-corrected chi connectivity index (χ3v) is 3.40. The molecule has 22 heavy (non-hydrogen) atoms. The Kier molecular flexibility index (Phi) is 8.90. The van der Waals surface area contributed by atoms with Crippen LogP contribution in [0.15, 0.2) is 10.2 Å². The molecule has 0 aliphatic rings. The number of carbonyl (C=O) groups excluding carboxylic acids is 2. The Morgan fingerprint density at radius 2 is 1.09 bits per heavy atom. The van der Waals surface area contributed by atoms with E-state index in [4.69, 9.17) is 9.47 Å². The van der Waals surface area contributed by atoms with Gasteiger partial charge in [-0.1, -0.05) is 26.7 Å². The molecular formula is C16H30N2O4. The van der Waals surface area contributed by atoms with E-state index in [1.165, 1.54) is 0 Å². The smallest absolute Gasteiger partial charge is 0.335 e. The van der Waals surface area contributed by atoms with Gasteiger partial charge >= 0.3 is 11.9 Å². The summed E-state index contributed by atoms with van der Waals surface area (Å²) in [6, 6.07) is 0. The molecule has 0 amide bonds. The number of carbonyl (C=O) groups is 2. The van der Waals surface area contributed by atoms with Gasteiger partial charge in [-0.25, -0.2) is 9.59 Å². The summed E-state index contributed by atoms with van der Waals surface area (Å²) in [5.74, 6) is -0.827. The second-order valence-corrected chi connectivity index (χ2v) is 5.69. The highest BCUT2D eigenvalue weighted by Gasteiger charge is 2.38. The minimum Gasteiger partial charge on any atom is -0.464 e. The van der Waals surface area contributed by atoms with E-state index < -0.39 is 23.0 Å². The van der Waals surface area contributed by atoms with Crippen molar-refractivity contribution in [3.63, 3.8) is 0 Å². The van der Waals surface area contributed by atoms with Crippen molar-refractivity contribution in [1.29, 1.82) is 0 Å². The molecule has 6 heteroatoms. The minimum atomic E-state index is -1.06. The number of rotatable bonds is 10. The molecule has 0 saturated heterocycles. The van der Waals surface area contributed by atoms with Crippen molar-refractivity contribution in [2.75, 3.05) is 13.2 Å². The lowest BCUT2D eigenvalue weighted by Gasteiger charge is -2.25. The zero-order valence-corrected chi connectivity index (χ0v) is 14.8. The molecule has 0 fully saturated rings. The van der Waals surface area contributed by atoms with Crippen molar-refractivity contribution in [2.45, 2.75) is 78.3 Å². The molecule has 0 saturated carbocycles. The van der Waals surface area contributed by atoms with E-state index >= 15 is 0 Å². The van der Waals surface area contributed by atoms with Gasteiger partial charge in [0, 0.05) is 0 Å². The Balaban J connectivity index is 5.39. The molecule has 0 spiro atoms. The van der Waals surface area contributed by atoms with Gasteiger partial charge in [0.2, 0.25) is 0 Å². The van der Waals surface area contributed by atoms with Crippen LogP contribution in [0, 0.1) is 0 Å². The summed E-state index contributed by atoms with van der Waals surface area (Å²) in [5.41, 5.74) is -2.13. The van der Waals surface area contributed by atoms with Crippen molar-refractivity contribution in [3.8, 4) is 0 Å². The monoisotopic (exact) mass is 314 g/mol. The van der Waals surface area contributed by atoms with E-state index in [1.54, 1.807) is 27.7 Å². The summed E-state index contributed by atoms with van der Waals surface area (Å²) in [4.78, 5) is 24.3. The zero-order valence-electron chi connectivity index (χ0n) is 14.8. The second-order valence-electron chi connectivity index (χ2n) is 5.69. The normalized spacial score (nSPS) is 16.8. The van der Waals surface area contributed by atoms with Crippen molar-refractivity contribution < 1.29 is 19.1 Å². The van der Waals surface area contributed by atoms with Crippen molar-refractivity contribution in [3.05, 3.63) is 0 Å². The van der Waals surface area contributed by atoms with Gasteiger partial charge in [-0.3, -0.25) is 0 Å². The number of hydrogen-bond acceptors (Lipinski definition) is 6. The molecule has 0 aromatic rings. The Morgan fingerprint density at radius 1 is 0.773 bits per heavy atom. The number of hydrogen-bond donors (Lipinski definition) is 0. The first kappa shape index (κ1) is 20.5. The third kappa shape index (κ3) is 5.73. The van der Waals surface area contributed by atoms with E-state index in [9.17, 15) is 9.59 Å². The first-order valence-electron chi connectivity index (χ1n) is 8.08. The third-order valence-electron chi connectivity index (χ3n) is 3.40. The fourth-order valence-corrected chi connectivity index (χ4v) is 2.15. The molecule has 0 aromatic carbocycles. The van der Waals surface area contributed by atoms with Crippen molar-refractivity contribution >= 4 is 11.9 Å².